The van der Waals surface area contributed by atoms with Crippen LogP contribution >= 0.6 is 56.7 Å². The predicted molar refractivity (Wildman–Crippen MR) is 236 cm³/mol. The molecule has 0 spiro atoms. The molecule has 0 saturated carbocycles. The minimum Gasteiger partial charge on any atom is -0.273 e. The Balaban J connectivity index is 0.000000340. The molecule has 52 heavy (non-hydrogen) atoms. The SMILES string of the molecule is Brc1ccc([C](=[Zr+2])c2ccc(Br)cc2)cc1.CC(C)(C)c1[c-]c2c(cc1C(C)(C)C)-c1cc(C(C)(C)C)c(C(C)(C)C)cc1C2.Cl.Cl.[C-]1=CC=CC1. The molecular formula is C47H56Br2Cl2Zr. The van der Waals surface area contributed by atoms with E-state index in [1.54, 1.807) is 0 Å². The maximum Gasteiger partial charge on any atom is -0.0129 e. The van der Waals surface area contributed by atoms with Gasteiger partial charge in [0.05, 0.1) is 0 Å². The Hall–Kier alpha value is -1.35. The molecule has 0 radical (unpaired) electrons. The first-order chi connectivity index (χ1) is 23.1. The van der Waals surface area contributed by atoms with E-state index in [2.05, 4.69) is 200 Å². The van der Waals surface area contributed by atoms with Crippen molar-refractivity contribution < 1.29 is 24.2 Å². The Morgan fingerprint density at radius 3 is 1.40 bits per heavy atom. The first-order valence-electron chi connectivity index (χ1n) is 17.7. The monoisotopic (exact) mass is 938 g/mol. The number of hydrogen-bond acceptors (Lipinski definition) is 0. The van der Waals surface area contributed by atoms with Gasteiger partial charge in [0, 0.05) is 0 Å². The van der Waals surface area contributed by atoms with Gasteiger partial charge in [-0.25, -0.2) is 12.2 Å². The maximum atomic E-state index is 3.90. The van der Waals surface area contributed by atoms with Gasteiger partial charge in [0.15, 0.2) is 0 Å². The summed E-state index contributed by atoms with van der Waals surface area (Å²) >= 11 is 8.34. The van der Waals surface area contributed by atoms with Gasteiger partial charge in [0.2, 0.25) is 0 Å². The summed E-state index contributed by atoms with van der Waals surface area (Å²) < 4.78 is 3.62. The van der Waals surface area contributed by atoms with Crippen molar-refractivity contribution in [2.75, 3.05) is 0 Å². The minimum absolute atomic E-state index is 0. The average Bonchev–Trinajstić information content (AvgIpc) is 3.71. The first-order valence-corrected chi connectivity index (χ1v) is 20.5. The van der Waals surface area contributed by atoms with Crippen molar-refractivity contribution >= 4 is 59.9 Å². The Kier molecular flexibility index (Phi) is 16.7. The fraction of sp³-hybridized carbons (Fsp3) is 0.383. The third-order valence-corrected chi connectivity index (χ3v) is 11.6. The van der Waals surface area contributed by atoms with E-state index in [0.717, 1.165) is 21.8 Å². The van der Waals surface area contributed by atoms with Gasteiger partial charge in [0.1, 0.15) is 0 Å². The fourth-order valence-electron chi connectivity index (χ4n) is 6.36. The number of rotatable bonds is 2. The maximum absolute atomic E-state index is 3.90. The van der Waals surface area contributed by atoms with Crippen LogP contribution in [0.2, 0.25) is 0 Å². The van der Waals surface area contributed by atoms with E-state index < -0.39 is 0 Å². The van der Waals surface area contributed by atoms with Crippen molar-refractivity contribution in [2.45, 2.75) is 118 Å². The van der Waals surface area contributed by atoms with Crippen LogP contribution in [0.25, 0.3) is 11.1 Å². The normalized spacial score (nSPS) is 13.1. The molecule has 0 atom stereocenters. The third-order valence-electron chi connectivity index (χ3n) is 9.09. The molecule has 0 unspecified atom stereocenters. The minimum atomic E-state index is 0. The van der Waals surface area contributed by atoms with Crippen LogP contribution in [-0.4, -0.2) is 3.21 Å². The van der Waals surface area contributed by atoms with E-state index in [9.17, 15) is 0 Å². The quantitative estimate of drug-likeness (QED) is 0.155. The number of halogens is 4. The summed E-state index contributed by atoms with van der Waals surface area (Å²) in [6.45, 7) is 28.0. The Morgan fingerprint density at radius 2 is 1.04 bits per heavy atom. The molecule has 276 valence electrons. The van der Waals surface area contributed by atoms with Crippen molar-refractivity contribution in [3.8, 4) is 11.1 Å². The van der Waals surface area contributed by atoms with Crippen LogP contribution < -0.4 is 0 Å². The van der Waals surface area contributed by atoms with E-state index >= 15 is 0 Å². The average molecular weight is 943 g/mol. The van der Waals surface area contributed by atoms with E-state index in [1.165, 1.54) is 83.1 Å². The topological polar surface area (TPSA) is 0 Å². The molecule has 0 fully saturated rings. The van der Waals surface area contributed by atoms with Gasteiger partial charge in [-0.1, -0.05) is 106 Å². The molecule has 0 amide bonds. The summed E-state index contributed by atoms with van der Waals surface area (Å²) in [7, 11) is 0. The van der Waals surface area contributed by atoms with Crippen molar-refractivity contribution in [1.82, 2.24) is 0 Å². The van der Waals surface area contributed by atoms with Crippen molar-refractivity contribution in [2.24, 2.45) is 0 Å². The Morgan fingerprint density at radius 1 is 0.596 bits per heavy atom. The second-order valence-corrected chi connectivity index (χ2v) is 20.6. The van der Waals surface area contributed by atoms with Gasteiger partial charge < -0.3 is 0 Å². The number of hydrogen-bond donors (Lipinski definition) is 0. The number of allylic oxidation sites excluding steroid dienone is 4. The van der Waals surface area contributed by atoms with E-state index in [4.69, 9.17) is 0 Å². The molecule has 4 aromatic carbocycles. The van der Waals surface area contributed by atoms with Crippen LogP contribution in [0.15, 0.2) is 93.9 Å². The second-order valence-electron chi connectivity index (χ2n) is 17.6. The summed E-state index contributed by atoms with van der Waals surface area (Å²) in [4.78, 5) is 0. The van der Waals surface area contributed by atoms with Gasteiger partial charge in [-0.05, 0) is 39.4 Å². The fourth-order valence-corrected chi connectivity index (χ4v) is 7.71. The van der Waals surface area contributed by atoms with Crippen molar-refractivity contribution in [1.29, 1.82) is 0 Å². The molecule has 0 aliphatic heterocycles. The van der Waals surface area contributed by atoms with Crippen LogP contribution in [-0.2, 0) is 52.3 Å². The van der Waals surface area contributed by atoms with E-state index in [-0.39, 0.29) is 46.5 Å². The summed E-state index contributed by atoms with van der Waals surface area (Å²) in [6.07, 6.45) is 11.0. The summed E-state index contributed by atoms with van der Waals surface area (Å²) in [5.41, 5.74) is 14.5. The largest absolute Gasteiger partial charge is 0.273 e. The molecule has 0 saturated heterocycles. The molecule has 2 aliphatic rings. The molecule has 4 aromatic rings. The van der Waals surface area contributed by atoms with Crippen molar-refractivity contribution in [3.05, 3.63) is 151 Å². The molecule has 0 nitrogen and oxygen atoms in total. The predicted octanol–water partition coefficient (Wildman–Crippen LogP) is 14.7. The summed E-state index contributed by atoms with van der Waals surface area (Å²) in [5, 5.41) is 0. The van der Waals surface area contributed by atoms with Gasteiger partial charge in [-0.2, -0.15) is 23.8 Å². The van der Waals surface area contributed by atoms with Gasteiger partial charge in [-0.15, -0.1) is 47.9 Å². The van der Waals surface area contributed by atoms with Crippen LogP contribution in [0.5, 0.6) is 0 Å². The molecule has 2 aliphatic carbocycles. The second kappa shape index (κ2) is 18.5. The smallest absolute Gasteiger partial charge is 0.0129 e. The van der Waals surface area contributed by atoms with Gasteiger partial charge >= 0.3 is 128 Å². The molecule has 6 rings (SSSR count). The van der Waals surface area contributed by atoms with E-state index in [1.807, 2.05) is 12.2 Å². The number of benzene rings is 4. The van der Waals surface area contributed by atoms with Crippen LogP contribution in [0.4, 0.5) is 0 Å². The number of fused-ring (bicyclic) bond motifs is 3. The standard InChI is InChI=1S/C29H41.C13H8Br2.C5H5.2ClH.Zr/c1-26(2,3)22-14-18-13-19-15-23(27(4,5)6)25(29(10,11)12)17-21(19)20(18)16-24(22)28(7,8)9;14-12-5-1-10(2-6-12)9-11-3-7-13(15)8-4-11;1-2-4-5-3-1;;;/h14,16-17H,13H2,1-12H3;1-8H;1-3H,4H2;2*1H;/q-1;;-1;;;+2. The van der Waals surface area contributed by atoms with E-state index in [0.29, 0.717) is 0 Å². The molecule has 0 N–H and O–H groups in total. The molecule has 5 heteroatoms. The summed E-state index contributed by atoms with van der Waals surface area (Å²) in [6, 6.07) is 28.3. The first kappa shape index (κ1) is 46.8. The zero-order chi connectivity index (χ0) is 37.2. The zero-order valence-corrected chi connectivity index (χ0v) is 40.3. The summed E-state index contributed by atoms with van der Waals surface area (Å²) in [5.74, 6) is 0. The Bertz CT molecular complexity index is 1750. The van der Waals surface area contributed by atoms with Crippen LogP contribution in [0, 0.1) is 12.1 Å². The molecule has 0 aromatic heterocycles. The van der Waals surface area contributed by atoms with Crippen LogP contribution in [0.1, 0.15) is 134 Å². The Labute approximate surface area is 360 Å². The third kappa shape index (κ3) is 12.1. The molecular weight excluding hydrogens is 886 g/mol. The molecule has 0 heterocycles. The molecule has 0 bridgehead atoms. The van der Waals surface area contributed by atoms with Crippen LogP contribution in [0.3, 0.4) is 0 Å². The van der Waals surface area contributed by atoms with Gasteiger partial charge in [0.25, 0.3) is 0 Å². The van der Waals surface area contributed by atoms with Crippen molar-refractivity contribution in [3.63, 3.8) is 0 Å². The zero-order valence-electron chi connectivity index (χ0n) is 33.1. The van der Waals surface area contributed by atoms with Gasteiger partial charge in [-0.3, -0.25) is 6.08 Å².